The summed E-state index contributed by atoms with van der Waals surface area (Å²) >= 11 is 0. The maximum atomic E-state index is 11.0. The first-order chi connectivity index (χ1) is 5.24. The first kappa shape index (κ1) is 6.82. The number of fused-ring (bicyclic) bond motifs is 1. The number of hydrogen-bond acceptors (Lipinski definition) is 4. The van der Waals surface area contributed by atoms with E-state index in [1.165, 1.54) is 13.2 Å². The van der Waals surface area contributed by atoms with Gasteiger partial charge in [0.15, 0.2) is 5.78 Å². The maximum absolute atomic E-state index is 11.0. The van der Waals surface area contributed by atoms with Gasteiger partial charge in [0.1, 0.15) is 24.1 Å². The Morgan fingerprint density at radius 2 is 2.45 bits per heavy atom. The average molecular weight is 156 g/mol. The van der Waals surface area contributed by atoms with E-state index in [9.17, 15) is 9.90 Å². The van der Waals surface area contributed by atoms with Crippen molar-refractivity contribution in [3.8, 4) is 0 Å². The molecule has 0 aromatic carbocycles. The highest BCUT2D eigenvalue weighted by Crippen LogP contribution is 2.34. The molecule has 60 valence electrons. The van der Waals surface area contributed by atoms with Crippen LogP contribution >= 0.6 is 0 Å². The standard InChI is InChI=1S/C7H8O4/c1-10-4-2-3(8)6-7(11-6)5(4)9/h2,5-7,9H,1H3/t5-,6+,7-/m1/s1. The molecule has 0 spiro atoms. The highest BCUT2D eigenvalue weighted by Gasteiger charge is 2.53. The van der Waals surface area contributed by atoms with Crippen LogP contribution in [0.4, 0.5) is 0 Å². The zero-order valence-corrected chi connectivity index (χ0v) is 5.98. The van der Waals surface area contributed by atoms with Crippen molar-refractivity contribution in [2.75, 3.05) is 7.11 Å². The smallest absolute Gasteiger partial charge is 0.190 e. The summed E-state index contributed by atoms with van der Waals surface area (Å²) in [5, 5.41) is 9.33. The molecular weight excluding hydrogens is 148 g/mol. The van der Waals surface area contributed by atoms with Crippen molar-refractivity contribution in [3.63, 3.8) is 0 Å². The van der Waals surface area contributed by atoms with Gasteiger partial charge >= 0.3 is 0 Å². The third-order valence-corrected chi connectivity index (χ3v) is 1.93. The molecule has 0 aromatic rings. The molecule has 4 heteroatoms. The third kappa shape index (κ3) is 0.868. The fraction of sp³-hybridized carbons (Fsp3) is 0.571. The molecule has 1 saturated heterocycles. The fourth-order valence-electron chi connectivity index (χ4n) is 1.24. The molecule has 4 nitrogen and oxygen atoms in total. The number of epoxide rings is 1. The number of carbonyl (C=O) groups excluding carboxylic acids is 1. The van der Waals surface area contributed by atoms with Gasteiger partial charge in [-0.05, 0) is 0 Å². The van der Waals surface area contributed by atoms with E-state index < -0.39 is 12.2 Å². The predicted octanol–water partition coefficient (Wildman–Crippen LogP) is -0.772. The summed E-state index contributed by atoms with van der Waals surface area (Å²) in [6.45, 7) is 0. The van der Waals surface area contributed by atoms with Crippen molar-refractivity contribution < 1.29 is 19.4 Å². The van der Waals surface area contributed by atoms with Crippen LogP contribution in [0.15, 0.2) is 11.8 Å². The largest absolute Gasteiger partial charge is 0.498 e. The molecule has 1 aliphatic carbocycles. The Morgan fingerprint density at radius 3 is 3.09 bits per heavy atom. The van der Waals surface area contributed by atoms with Gasteiger partial charge < -0.3 is 14.6 Å². The lowest BCUT2D eigenvalue weighted by Gasteiger charge is -2.13. The monoisotopic (exact) mass is 156 g/mol. The van der Waals surface area contributed by atoms with E-state index in [4.69, 9.17) is 9.47 Å². The van der Waals surface area contributed by atoms with E-state index >= 15 is 0 Å². The van der Waals surface area contributed by atoms with Crippen molar-refractivity contribution in [1.29, 1.82) is 0 Å². The van der Waals surface area contributed by atoms with Crippen LogP contribution in [0.1, 0.15) is 0 Å². The Kier molecular flexibility index (Phi) is 1.27. The molecule has 1 N–H and O–H groups in total. The van der Waals surface area contributed by atoms with Crippen LogP contribution in [0.5, 0.6) is 0 Å². The van der Waals surface area contributed by atoms with E-state index in [0.717, 1.165) is 0 Å². The fourth-order valence-corrected chi connectivity index (χ4v) is 1.24. The van der Waals surface area contributed by atoms with Crippen molar-refractivity contribution in [1.82, 2.24) is 0 Å². The minimum atomic E-state index is -0.761. The van der Waals surface area contributed by atoms with Crippen molar-refractivity contribution >= 4 is 5.78 Å². The summed E-state index contributed by atoms with van der Waals surface area (Å²) in [6.07, 6.45) is -0.243. The van der Waals surface area contributed by atoms with Crippen LogP contribution in [0.3, 0.4) is 0 Å². The second-order valence-corrected chi connectivity index (χ2v) is 2.62. The molecule has 1 heterocycles. The van der Waals surface area contributed by atoms with Gasteiger partial charge in [0.05, 0.1) is 7.11 Å². The lowest BCUT2D eigenvalue weighted by Crippen LogP contribution is -2.28. The van der Waals surface area contributed by atoms with Gasteiger partial charge in [-0.15, -0.1) is 0 Å². The molecule has 0 unspecified atom stereocenters. The van der Waals surface area contributed by atoms with Gasteiger partial charge in [-0.2, -0.15) is 0 Å². The van der Waals surface area contributed by atoms with E-state index in [1.807, 2.05) is 0 Å². The van der Waals surface area contributed by atoms with E-state index in [-0.39, 0.29) is 11.9 Å². The molecular formula is C7H8O4. The molecule has 0 bridgehead atoms. The number of carbonyl (C=O) groups is 1. The maximum Gasteiger partial charge on any atom is 0.190 e. The summed E-state index contributed by atoms with van der Waals surface area (Å²) in [4.78, 5) is 11.0. The average Bonchev–Trinajstić information content (AvgIpc) is 2.75. The summed E-state index contributed by atoms with van der Waals surface area (Å²) in [5.41, 5.74) is 0. The predicted molar refractivity (Wildman–Crippen MR) is 34.8 cm³/mol. The highest BCUT2D eigenvalue weighted by atomic mass is 16.6. The van der Waals surface area contributed by atoms with Crippen LogP contribution in [0.25, 0.3) is 0 Å². The van der Waals surface area contributed by atoms with E-state index in [0.29, 0.717) is 5.76 Å². The number of aliphatic hydroxyl groups is 1. The molecule has 11 heavy (non-hydrogen) atoms. The summed E-state index contributed by atoms with van der Waals surface area (Å²) in [5.74, 6) is 0.186. The molecule has 3 atom stereocenters. The highest BCUT2D eigenvalue weighted by molar-refractivity contribution is 5.97. The molecule has 0 aromatic heterocycles. The quantitative estimate of drug-likeness (QED) is 0.506. The number of rotatable bonds is 1. The van der Waals surface area contributed by atoms with Gasteiger partial charge in [0, 0.05) is 6.08 Å². The number of aliphatic hydroxyl groups excluding tert-OH is 1. The van der Waals surface area contributed by atoms with Crippen molar-refractivity contribution in [3.05, 3.63) is 11.8 Å². The lowest BCUT2D eigenvalue weighted by molar-refractivity contribution is -0.116. The van der Waals surface area contributed by atoms with Gasteiger partial charge in [-0.25, -0.2) is 0 Å². The molecule has 0 saturated carbocycles. The van der Waals surface area contributed by atoms with E-state index in [1.54, 1.807) is 0 Å². The Hall–Kier alpha value is -0.870. The molecule has 1 fully saturated rings. The van der Waals surface area contributed by atoms with Crippen LogP contribution in [-0.4, -0.2) is 36.3 Å². The minimum Gasteiger partial charge on any atom is -0.498 e. The van der Waals surface area contributed by atoms with E-state index in [2.05, 4.69) is 0 Å². The Balaban J connectivity index is 2.25. The van der Waals surface area contributed by atoms with Gasteiger partial charge in [0.25, 0.3) is 0 Å². The number of hydrogen-bond donors (Lipinski definition) is 1. The first-order valence-electron chi connectivity index (χ1n) is 3.37. The SMILES string of the molecule is COC1=CC(=O)[C@@H]2O[C@@H]2[C@@H]1O. The molecule has 2 aliphatic rings. The Morgan fingerprint density at radius 1 is 1.73 bits per heavy atom. The zero-order valence-electron chi connectivity index (χ0n) is 5.98. The topological polar surface area (TPSA) is 59.1 Å². The Bertz CT molecular complexity index is 233. The van der Waals surface area contributed by atoms with Crippen molar-refractivity contribution in [2.45, 2.75) is 18.3 Å². The second kappa shape index (κ2) is 2.06. The van der Waals surface area contributed by atoms with Crippen molar-refractivity contribution in [2.24, 2.45) is 0 Å². The second-order valence-electron chi connectivity index (χ2n) is 2.62. The first-order valence-corrected chi connectivity index (χ1v) is 3.37. The minimum absolute atomic E-state index is 0.114. The van der Waals surface area contributed by atoms with Gasteiger partial charge in [0.2, 0.25) is 0 Å². The van der Waals surface area contributed by atoms with Crippen LogP contribution in [-0.2, 0) is 14.3 Å². The number of ether oxygens (including phenoxy) is 2. The van der Waals surface area contributed by atoms with Crippen LogP contribution in [0, 0.1) is 0 Å². The lowest BCUT2D eigenvalue weighted by atomic mass is 10.0. The third-order valence-electron chi connectivity index (χ3n) is 1.93. The normalized spacial score (nSPS) is 41.1. The summed E-state index contributed by atoms with van der Waals surface area (Å²) < 4.78 is 9.68. The number of ketones is 1. The molecule has 0 radical (unpaired) electrons. The van der Waals surface area contributed by atoms with Gasteiger partial charge in [-0.3, -0.25) is 4.79 Å². The van der Waals surface area contributed by atoms with Crippen LogP contribution < -0.4 is 0 Å². The van der Waals surface area contributed by atoms with Gasteiger partial charge in [-0.1, -0.05) is 0 Å². The van der Waals surface area contributed by atoms with Crippen LogP contribution in [0.2, 0.25) is 0 Å². The summed E-state index contributed by atoms with van der Waals surface area (Å²) in [7, 11) is 1.42. The summed E-state index contributed by atoms with van der Waals surface area (Å²) in [6, 6.07) is 0. The Labute approximate surface area is 63.4 Å². The number of methoxy groups -OCH3 is 1. The molecule has 0 amide bonds. The molecule has 1 aliphatic heterocycles. The zero-order chi connectivity index (χ0) is 8.01. The molecule has 2 rings (SSSR count).